The van der Waals surface area contributed by atoms with E-state index in [0.29, 0.717) is 5.69 Å². The first-order valence-electron chi connectivity index (χ1n) is 3.58. The van der Waals surface area contributed by atoms with Gasteiger partial charge in [-0.2, -0.15) is 0 Å². The second-order valence-corrected chi connectivity index (χ2v) is 14.9. The standard InChI is InChI=1S/C6H5Cl4NOP2S/c7-13(8,12)11(14(9,10)15)6-4-2-1-3-5-6/h1-5H. The molecule has 0 spiro atoms. The molecule has 0 heterocycles. The van der Waals surface area contributed by atoms with E-state index in [0.717, 1.165) is 4.44 Å². The molecule has 0 aromatic heterocycles. The lowest BCUT2D eigenvalue weighted by Crippen LogP contribution is -2.05. The Hall–Kier alpha value is 1.06. The zero-order valence-electron chi connectivity index (χ0n) is 7.06. The fraction of sp³-hybridized carbons (Fsp3) is 0. The van der Waals surface area contributed by atoms with Crippen LogP contribution >= 0.6 is 55.9 Å². The average molecular weight is 343 g/mol. The molecule has 84 valence electrons. The monoisotopic (exact) mass is 341 g/mol. The van der Waals surface area contributed by atoms with E-state index in [4.69, 9.17) is 56.8 Å². The highest BCUT2D eigenvalue weighted by Gasteiger charge is 2.35. The predicted molar refractivity (Wildman–Crippen MR) is 74.2 cm³/mol. The molecule has 9 heteroatoms. The Balaban J connectivity index is 3.27. The summed E-state index contributed by atoms with van der Waals surface area (Å²) in [5, 5.41) is 0. The van der Waals surface area contributed by atoms with Gasteiger partial charge in [0.2, 0.25) is 4.89 Å². The third-order valence-corrected chi connectivity index (χ3v) is 8.27. The van der Waals surface area contributed by atoms with Crippen LogP contribution in [0.5, 0.6) is 0 Å². The summed E-state index contributed by atoms with van der Waals surface area (Å²) in [6.45, 7) is 0. The van der Waals surface area contributed by atoms with Crippen molar-refractivity contribution in [3.05, 3.63) is 30.3 Å². The van der Waals surface area contributed by atoms with E-state index in [1.54, 1.807) is 30.3 Å². The molecule has 0 unspecified atom stereocenters. The topological polar surface area (TPSA) is 20.3 Å². The molecule has 0 amide bonds. The first-order chi connectivity index (χ1) is 6.73. The summed E-state index contributed by atoms with van der Waals surface area (Å²) >= 11 is 27.6. The number of hydrogen-bond acceptors (Lipinski definition) is 2. The van der Waals surface area contributed by atoms with E-state index in [-0.39, 0.29) is 0 Å². The van der Waals surface area contributed by atoms with Gasteiger partial charge in [0, 0.05) is 0 Å². The van der Waals surface area contributed by atoms with Gasteiger partial charge in [0.1, 0.15) is 0 Å². The second-order valence-electron chi connectivity index (χ2n) is 2.49. The molecule has 0 saturated heterocycles. The van der Waals surface area contributed by atoms with Crippen LogP contribution in [0.25, 0.3) is 0 Å². The molecule has 0 fully saturated rings. The molecule has 15 heavy (non-hydrogen) atoms. The molecule has 0 aliphatic heterocycles. The maximum Gasteiger partial charge on any atom is 0.351 e. The summed E-state index contributed by atoms with van der Waals surface area (Å²) in [4.78, 5) is -3.04. The first-order valence-corrected chi connectivity index (χ1v) is 11.6. The van der Waals surface area contributed by atoms with Gasteiger partial charge in [-0.1, -0.05) is 18.2 Å². The molecular formula is C6H5Cl4NOP2S. The van der Waals surface area contributed by atoms with Crippen LogP contribution in [0.15, 0.2) is 30.3 Å². The van der Waals surface area contributed by atoms with Crippen LogP contribution in [0.4, 0.5) is 5.69 Å². The zero-order chi connectivity index (χ0) is 11.7. The van der Waals surface area contributed by atoms with Crippen LogP contribution in [0.2, 0.25) is 0 Å². The fourth-order valence-corrected chi connectivity index (χ4v) is 10.5. The van der Waals surface area contributed by atoms with Gasteiger partial charge in [0.15, 0.2) is 0 Å². The zero-order valence-corrected chi connectivity index (χ0v) is 12.7. The van der Waals surface area contributed by atoms with Crippen molar-refractivity contribution in [2.45, 2.75) is 0 Å². The van der Waals surface area contributed by atoms with Crippen molar-refractivity contribution in [2.75, 3.05) is 4.44 Å². The van der Waals surface area contributed by atoms with E-state index in [1.807, 2.05) is 0 Å². The fourth-order valence-electron chi connectivity index (χ4n) is 0.951. The Morgan fingerprint density at radius 2 is 1.53 bits per heavy atom. The summed E-state index contributed by atoms with van der Waals surface area (Å²) in [5.74, 6) is -3.66. The number of benzene rings is 1. The van der Waals surface area contributed by atoms with Crippen LogP contribution in [0.1, 0.15) is 0 Å². The van der Waals surface area contributed by atoms with Crippen molar-refractivity contribution in [2.24, 2.45) is 0 Å². The van der Waals surface area contributed by atoms with Crippen molar-refractivity contribution in [1.29, 1.82) is 0 Å². The van der Waals surface area contributed by atoms with Crippen LogP contribution in [-0.2, 0) is 16.4 Å². The molecule has 2 nitrogen and oxygen atoms in total. The van der Waals surface area contributed by atoms with Gasteiger partial charge in [-0.15, -0.1) is 0 Å². The minimum Gasteiger partial charge on any atom is -0.264 e. The maximum atomic E-state index is 11.6. The van der Waals surface area contributed by atoms with E-state index < -0.39 is 10.9 Å². The largest absolute Gasteiger partial charge is 0.351 e. The molecule has 0 aliphatic carbocycles. The number of anilines is 1. The maximum absolute atomic E-state index is 11.6. The highest BCUT2D eigenvalue weighted by molar-refractivity contribution is 8.43. The number of halogens is 4. The third kappa shape index (κ3) is 4.09. The first kappa shape index (κ1) is 14.1. The molecule has 0 radical (unpaired) electrons. The Labute approximate surface area is 112 Å². The molecule has 0 bridgehead atoms. The van der Waals surface area contributed by atoms with E-state index in [2.05, 4.69) is 0 Å². The number of hydrogen-bond donors (Lipinski definition) is 0. The van der Waals surface area contributed by atoms with Gasteiger partial charge in [0.05, 0.1) is 5.69 Å². The van der Waals surface area contributed by atoms with Crippen molar-refractivity contribution in [3.63, 3.8) is 0 Å². The lowest BCUT2D eigenvalue weighted by molar-refractivity contribution is 0.593. The van der Waals surface area contributed by atoms with Crippen molar-refractivity contribution >= 4 is 73.3 Å². The van der Waals surface area contributed by atoms with Crippen molar-refractivity contribution in [3.8, 4) is 0 Å². The van der Waals surface area contributed by atoms with Crippen LogP contribution < -0.4 is 4.44 Å². The summed E-state index contributed by atoms with van der Waals surface area (Å²) in [6.07, 6.45) is 0. The highest BCUT2D eigenvalue weighted by atomic mass is 35.9. The molecule has 0 atom stereocenters. The number of nitrogens with zero attached hydrogens (tertiary/aromatic N) is 1. The normalized spacial score (nSPS) is 12.5. The highest BCUT2D eigenvalue weighted by Crippen LogP contribution is 2.77. The quantitative estimate of drug-likeness (QED) is 0.649. The van der Waals surface area contributed by atoms with Gasteiger partial charge in [0.25, 0.3) is 0 Å². The van der Waals surface area contributed by atoms with Crippen molar-refractivity contribution in [1.82, 2.24) is 0 Å². The summed E-state index contributed by atoms with van der Waals surface area (Å²) < 4.78 is 12.6. The molecule has 0 N–H and O–H groups in total. The number of para-hydroxylation sites is 1. The summed E-state index contributed by atoms with van der Waals surface area (Å²) in [5.41, 5.74) is 0.444. The Kier molecular flexibility index (Phi) is 4.84. The molecule has 1 aromatic rings. The van der Waals surface area contributed by atoms with E-state index in [1.165, 1.54) is 0 Å². The third-order valence-electron chi connectivity index (χ3n) is 1.43. The van der Waals surface area contributed by atoms with E-state index >= 15 is 0 Å². The lowest BCUT2D eigenvalue weighted by atomic mass is 10.3. The van der Waals surface area contributed by atoms with E-state index in [9.17, 15) is 4.57 Å². The van der Waals surface area contributed by atoms with Gasteiger partial charge >= 0.3 is 6.00 Å². The minimum absolute atomic E-state index is 0.444. The van der Waals surface area contributed by atoms with Gasteiger partial charge < -0.3 is 0 Å². The van der Waals surface area contributed by atoms with Gasteiger partial charge in [-0.3, -0.25) is 4.57 Å². The molecule has 1 rings (SSSR count). The second kappa shape index (κ2) is 5.14. The Morgan fingerprint density at radius 3 is 1.87 bits per heavy atom. The summed E-state index contributed by atoms with van der Waals surface area (Å²) in [6, 6.07) is 8.46. The molecule has 0 saturated carbocycles. The lowest BCUT2D eigenvalue weighted by Gasteiger charge is -2.27. The molecule has 0 aliphatic rings. The van der Waals surface area contributed by atoms with Gasteiger partial charge in [-0.25, -0.2) is 4.44 Å². The smallest absolute Gasteiger partial charge is 0.264 e. The minimum atomic E-state index is -3.66. The SMILES string of the molecule is O=P(Cl)(Cl)N(c1ccccc1)P(=S)(Cl)Cl. The van der Waals surface area contributed by atoms with Crippen molar-refractivity contribution < 1.29 is 4.57 Å². The Morgan fingerprint density at radius 1 is 1.07 bits per heavy atom. The summed E-state index contributed by atoms with van der Waals surface area (Å²) in [7, 11) is 0. The van der Waals surface area contributed by atoms with Crippen LogP contribution in [0.3, 0.4) is 0 Å². The molecule has 1 aromatic carbocycles. The molecular weight excluding hydrogens is 338 g/mol. The van der Waals surface area contributed by atoms with Gasteiger partial charge in [-0.05, 0) is 68.9 Å². The van der Waals surface area contributed by atoms with Crippen LogP contribution in [-0.4, -0.2) is 0 Å². The number of rotatable bonds is 3. The Bertz CT molecular complexity index is 408. The van der Waals surface area contributed by atoms with Crippen LogP contribution in [0, 0.1) is 0 Å². The predicted octanol–water partition coefficient (Wildman–Crippen LogP) is 5.78. The average Bonchev–Trinajstić information content (AvgIpc) is 2.00.